The van der Waals surface area contributed by atoms with Crippen LogP contribution in [-0.2, 0) is 14.8 Å². The van der Waals surface area contributed by atoms with E-state index in [0.29, 0.717) is 5.56 Å². The molecule has 0 unspecified atom stereocenters. The molecule has 0 amide bonds. The molecular formula is C24H25NO4S. The molecule has 0 fully saturated rings. The Balaban J connectivity index is 2.07. The van der Waals surface area contributed by atoms with Gasteiger partial charge in [-0.05, 0) is 55.2 Å². The highest BCUT2D eigenvalue weighted by atomic mass is 32.2. The summed E-state index contributed by atoms with van der Waals surface area (Å²) in [6.45, 7) is 5.70. The van der Waals surface area contributed by atoms with Crippen LogP contribution in [0.4, 0.5) is 0 Å². The Morgan fingerprint density at radius 2 is 1.60 bits per heavy atom. The fourth-order valence-electron chi connectivity index (χ4n) is 3.43. The van der Waals surface area contributed by atoms with Crippen LogP contribution in [0.15, 0.2) is 71.6 Å². The number of benzene rings is 3. The second-order valence-electron chi connectivity index (χ2n) is 7.29. The molecular weight excluding hydrogens is 398 g/mol. The molecule has 3 aromatic carbocycles. The van der Waals surface area contributed by atoms with Crippen molar-refractivity contribution in [3.63, 3.8) is 0 Å². The molecule has 6 heteroatoms. The predicted octanol–water partition coefficient (Wildman–Crippen LogP) is 4.47. The van der Waals surface area contributed by atoms with Crippen LogP contribution in [0.2, 0.25) is 0 Å². The van der Waals surface area contributed by atoms with Crippen molar-refractivity contribution >= 4 is 16.0 Å². The van der Waals surface area contributed by atoms with Crippen LogP contribution < -0.4 is 4.72 Å². The van der Waals surface area contributed by atoms with Crippen molar-refractivity contribution in [2.24, 2.45) is 0 Å². The molecule has 3 rings (SSSR count). The van der Waals surface area contributed by atoms with Crippen LogP contribution in [0.5, 0.6) is 0 Å². The Morgan fingerprint density at radius 1 is 0.900 bits per heavy atom. The van der Waals surface area contributed by atoms with Gasteiger partial charge >= 0.3 is 5.97 Å². The first-order valence-corrected chi connectivity index (χ1v) is 11.0. The number of hydrogen-bond acceptors (Lipinski definition) is 4. The van der Waals surface area contributed by atoms with Crippen LogP contribution in [-0.4, -0.2) is 21.5 Å². The topological polar surface area (TPSA) is 72.5 Å². The first-order valence-electron chi connectivity index (χ1n) is 9.56. The fraction of sp³-hybridized carbons (Fsp3) is 0.208. The number of carbonyl (C=O) groups is 1. The van der Waals surface area contributed by atoms with Gasteiger partial charge < -0.3 is 4.74 Å². The van der Waals surface area contributed by atoms with Gasteiger partial charge in [0.2, 0.25) is 10.0 Å². The van der Waals surface area contributed by atoms with Gasteiger partial charge in [-0.2, -0.15) is 4.72 Å². The van der Waals surface area contributed by atoms with E-state index >= 15 is 0 Å². The average molecular weight is 424 g/mol. The molecule has 1 atom stereocenters. The minimum absolute atomic E-state index is 0.0131. The Bertz CT molecular complexity index is 1170. The third-order valence-electron chi connectivity index (χ3n) is 5.07. The quantitative estimate of drug-likeness (QED) is 0.594. The van der Waals surface area contributed by atoms with E-state index in [0.717, 1.165) is 22.3 Å². The summed E-state index contributed by atoms with van der Waals surface area (Å²) in [5.41, 5.74) is 4.67. The number of ether oxygens (including phenoxy) is 1. The molecule has 0 bridgehead atoms. The second kappa shape index (κ2) is 8.81. The Hall–Kier alpha value is -2.96. The maximum atomic E-state index is 13.3. The van der Waals surface area contributed by atoms with Gasteiger partial charge in [0.1, 0.15) is 0 Å². The Labute approximate surface area is 177 Å². The van der Waals surface area contributed by atoms with Crippen molar-refractivity contribution in [1.29, 1.82) is 0 Å². The molecule has 0 saturated heterocycles. The van der Waals surface area contributed by atoms with Crippen LogP contribution in [0, 0.1) is 20.8 Å². The highest BCUT2D eigenvalue weighted by Gasteiger charge is 2.25. The maximum absolute atomic E-state index is 13.3. The van der Waals surface area contributed by atoms with Crippen LogP contribution in [0.25, 0.3) is 0 Å². The summed E-state index contributed by atoms with van der Waals surface area (Å²) in [6.07, 6.45) is 0. The monoisotopic (exact) mass is 423 g/mol. The summed E-state index contributed by atoms with van der Waals surface area (Å²) >= 11 is 0. The van der Waals surface area contributed by atoms with E-state index < -0.39 is 22.0 Å². The van der Waals surface area contributed by atoms with E-state index in [2.05, 4.69) is 4.72 Å². The highest BCUT2D eigenvalue weighted by molar-refractivity contribution is 7.89. The number of hydrogen-bond donors (Lipinski definition) is 1. The molecule has 0 aliphatic heterocycles. The minimum Gasteiger partial charge on any atom is -0.465 e. The van der Waals surface area contributed by atoms with E-state index in [-0.39, 0.29) is 10.5 Å². The summed E-state index contributed by atoms with van der Waals surface area (Å²) in [6, 6.07) is 19.2. The van der Waals surface area contributed by atoms with Gasteiger partial charge in [0.15, 0.2) is 0 Å². The molecule has 0 saturated carbocycles. The summed E-state index contributed by atoms with van der Waals surface area (Å²) < 4.78 is 34.2. The lowest BCUT2D eigenvalue weighted by Crippen LogP contribution is -2.30. The van der Waals surface area contributed by atoms with E-state index in [1.165, 1.54) is 19.2 Å². The van der Waals surface area contributed by atoms with Gasteiger partial charge in [0.25, 0.3) is 0 Å². The van der Waals surface area contributed by atoms with Gasteiger partial charge in [-0.1, -0.05) is 60.2 Å². The molecule has 1 N–H and O–H groups in total. The summed E-state index contributed by atoms with van der Waals surface area (Å²) in [5, 5.41) is 0. The molecule has 3 aromatic rings. The third kappa shape index (κ3) is 4.61. The molecule has 0 aliphatic carbocycles. The largest absolute Gasteiger partial charge is 0.465 e. The van der Waals surface area contributed by atoms with Crippen LogP contribution >= 0.6 is 0 Å². The van der Waals surface area contributed by atoms with Crippen molar-refractivity contribution in [3.05, 3.63) is 100 Å². The lowest BCUT2D eigenvalue weighted by molar-refractivity contribution is 0.0599. The zero-order valence-electron chi connectivity index (χ0n) is 17.5. The number of aryl methyl sites for hydroxylation is 3. The lowest BCUT2D eigenvalue weighted by atomic mass is 9.95. The third-order valence-corrected chi connectivity index (χ3v) is 6.49. The van der Waals surface area contributed by atoms with Gasteiger partial charge in [-0.25, -0.2) is 13.2 Å². The standard InChI is InChI=1S/C24H25NO4S/c1-16-10-13-21(18(3)14-16)23(19-8-6-5-7-9-19)25-30(27,28)20-12-11-17(2)22(15-20)24(26)29-4/h5-15,23,25H,1-4H3/t23-/m1/s1. The number of esters is 1. The number of sulfonamides is 1. The normalized spacial score (nSPS) is 12.4. The molecule has 0 aromatic heterocycles. The van der Waals surface area contributed by atoms with Gasteiger partial charge in [-0.15, -0.1) is 0 Å². The van der Waals surface area contributed by atoms with Gasteiger partial charge in [0, 0.05) is 0 Å². The molecule has 0 radical (unpaired) electrons. The van der Waals surface area contributed by atoms with Crippen molar-refractivity contribution in [2.75, 3.05) is 7.11 Å². The van der Waals surface area contributed by atoms with Crippen molar-refractivity contribution < 1.29 is 17.9 Å². The summed E-state index contributed by atoms with van der Waals surface area (Å²) in [7, 11) is -2.65. The lowest BCUT2D eigenvalue weighted by Gasteiger charge is -2.22. The number of methoxy groups -OCH3 is 1. The first kappa shape index (κ1) is 21.7. The molecule has 0 aliphatic rings. The van der Waals surface area contributed by atoms with Gasteiger partial charge in [-0.3, -0.25) is 0 Å². The zero-order chi connectivity index (χ0) is 21.9. The number of rotatable bonds is 6. The molecule has 156 valence electrons. The SMILES string of the molecule is COC(=O)c1cc(S(=O)(=O)N[C@H](c2ccccc2)c2ccc(C)cc2C)ccc1C. The second-order valence-corrected chi connectivity index (χ2v) is 9.01. The fourth-order valence-corrected chi connectivity index (χ4v) is 4.66. The van der Waals surface area contributed by atoms with E-state index in [9.17, 15) is 13.2 Å². The first-order chi connectivity index (χ1) is 14.2. The Kier molecular flexibility index (Phi) is 6.39. The van der Waals surface area contributed by atoms with Crippen LogP contribution in [0.1, 0.15) is 44.2 Å². The van der Waals surface area contributed by atoms with E-state index in [1.54, 1.807) is 13.0 Å². The van der Waals surface area contributed by atoms with E-state index in [1.807, 2.05) is 62.4 Å². The minimum atomic E-state index is -3.92. The molecule has 0 spiro atoms. The summed E-state index contributed by atoms with van der Waals surface area (Å²) in [4.78, 5) is 12.0. The summed E-state index contributed by atoms with van der Waals surface area (Å²) in [5.74, 6) is -0.571. The predicted molar refractivity (Wildman–Crippen MR) is 117 cm³/mol. The smallest absolute Gasteiger partial charge is 0.338 e. The maximum Gasteiger partial charge on any atom is 0.338 e. The van der Waals surface area contributed by atoms with Crippen LogP contribution in [0.3, 0.4) is 0 Å². The van der Waals surface area contributed by atoms with Crippen molar-refractivity contribution in [3.8, 4) is 0 Å². The van der Waals surface area contributed by atoms with Crippen molar-refractivity contribution in [1.82, 2.24) is 4.72 Å². The highest BCUT2D eigenvalue weighted by Crippen LogP contribution is 2.28. The average Bonchev–Trinajstić information content (AvgIpc) is 2.72. The molecule has 0 heterocycles. The van der Waals surface area contributed by atoms with E-state index in [4.69, 9.17) is 4.74 Å². The number of nitrogens with one attached hydrogen (secondary N) is 1. The zero-order valence-corrected chi connectivity index (χ0v) is 18.3. The Morgan fingerprint density at radius 3 is 2.23 bits per heavy atom. The molecule has 30 heavy (non-hydrogen) atoms. The van der Waals surface area contributed by atoms with Crippen molar-refractivity contribution in [2.45, 2.75) is 31.7 Å². The number of carbonyl (C=O) groups excluding carboxylic acids is 1. The molecule has 5 nitrogen and oxygen atoms in total. The van der Waals surface area contributed by atoms with Gasteiger partial charge in [0.05, 0.1) is 23.6 Å².